The van der Waals surface area contributed by atoms with Gasteiger partial charge in [0.15, 0.2) is 8.32 Å². The first kappa shape index (κ1) is 13.6. The van der Waals surface area contributed by atoms with Crippen molar-refractivity contribution >= 4 is 8.32 Å². The Labute approximate surface area is 107 Å². The average molecular weight is 256 g/mol. The summed E-state index contributed by atoms with van der Waals surface area (Å²) in [4.78, 5) is 0. The van der Waals surface area contributed by atoms with E-state index >= 15 is 0 Å². The average Bonchev–Trinajstić information content (AvgIpc) is 3.13. The molecule has 0 amide bonds. The van der Waals surface area contributed by atoms with Gasteiger partial charge in [0.05, 0.1) is 12.2 Å². The van der Waals surface area contributed by atoms with Crippen LogP contribution in [0.1, 0.15) is 46.5 Å². The number of fused-ring (bicyclic) bond motifs is 1. The smallest absolute Gasteiger partial charge is 0.192 e. The van der Waals surface area contributed by atoms with Crippen LogP contribution in [0, 0.1) is 5.92 Å². The molecule has 2 aliphatic rings. The van der Waals surface area contributed by atoms with E-state index in [1.54, 1.807) is 0 Å². The molecule has 0 N–H and O–H groups in total. The van der Waals surface area contributed by atoms with Gasteiger partial charge < -0.3 is 9.16 Å². The topological polar surface area (TPSA) is 21.8 Å². The molecule has 2 nitrogen and oxygen atoms in total. The number of hydrogen-bond donors (Lipinski definition) is 0. The Bertz CT molecular complexity index is 240. The minimum atomic E-state index is -1.38. The quantitative estimate of drug-likeness (QED) is 0.508. The Morgan fingerprint density at radius 3 is 2.47 bits per heavy atom. The second-order valence-electron chi connectivity index (χ2n) is 5.75. The highest BCUT2D eigenvalue weighted by Gasteiger charge is 2.44. The lowest BCUT2D eigenvalue weighted by Gasteiger charge is -2.31. The van der Waals surface area contributed by atoms with Crippen LogP contribution in [-0.4, -0.2) is 27.1 Å². The van der Waals surface area contributed by atoms with Crippen LogP contribution < -0.4 is 0 Å². The fraction of sp³-hybridized carbons (Fsp3) is 1.00. The lowest BCUT2D eigenvalue weighted by Crippen LogP contribution is -2.37. The molecule has 17 heavy (non-hydrogen) atoms. The van der Waals surface area contributed by atoms with Gasteiger partial charge >= 0.3 is 0 Å². The summed E-state index contributed by atoms with van der Waals surface area (Å²) in [6, 6.07) is 3.94. The maximum Gasteiger partial charge on any atom is 0.192 e. The second-order valence-corrected chi connectivity index (χ2v) is 10.3. The third-order valence-electron chi connectivity index (χ3n) is 4.86. The molecule has 1 aliphatic heterocycles. The van der Waals surface area contributed by atoms with E-state index in [1.807, 2.05) is 0 Å². The highest BCUT2D eigenvalue weighted by Crippen LogP contribution is 2.42. The zero-order chi connectivity index (χ0) is 12.3. The summed E-state index contributed by atoms with van der Waals surface area (Å²) in [5.74, 6) is 0.921. The third-order valence-corrected chi connectivity index (χ3v) is 9.54. The molecule has 0 aromatic heterocycles. The first-order valence-electron chi connectivity index (χ1n) is 7.52. The zero-order valence-corrected chi connectivity index (χ0v) is 12.7. The normalized spacial score (nSPS) is 32.3. The summed E-state index contributed by atoms with van der Waals surface area (Å²) in [6.07, 6.45) is 6.72. The predicted molar refractivity (Wildman–Crippen MR) is 73.8 cm³/mol. The Balaban J connectivity index is 1.77. The zero-order valence-electron chi connectivity index (χ0n) is 11.7. The Morgan fingerprint density at radius 1 is 1.12 bits per heavy atom. The van der Waals surface area contributed by atoms with Crippen LogP contribution in [0.15, 0.2) is 0 Å². The monoisotopic (exact) mass is 256 g/mol. The van der Waals surface area contributed by atoms with Crippen molar-refractivity contribution in [2.45, 2.75) is 76.8 Å². The SMILES string of the molecule is CCO[Si](CC)(CC)CCC1CCC2OC2C1. The van der Waals surface area contributed by atoms with E-state index < -0.39 is 8.32 Å². The van der Waals surface area contributed by atoms with Gasteiger partial charge in [-0.15, -0.1) is 0 Å². The molecule has 1 aliphatic carbocycles. The van der Waals surface area contributed by atoms with E-state index in [2.05, 4.69) is 20.8 Å². The van der Waals surface area contributed by atoms with Gasteiger partial charge in [-0.3, -0.25) is 0 Å². The lowest BCUT2D eigenvalue weighted by molar-refractivity contribution is 0.308. The second kappa shape index (κ2) is 5.85. The van der Waals surface area contributed by atoms with Crippen LogP contribution in [0.25, 0.3) is 0 Å². The van der Waals surface area contributed by atoms with Crippen molar-refractivity contribution < 1.29 is 9.16 Å². The summed E-state index contributed by atoms with van der Waals surface area (Å²) in [5.41, 5.74) is 0. The maximum atomic E-state index is 6.16. The summed E-state index contributed by atoms with van der Waals surface area (Å²) in [6.45, 7) is 7.71. The van der Waals surface area contributed by atoms with Crippen LogP contribution in [0.3, 0.4) is 0 Å². The number of epoxide rings is 1. The molecule has 3 unspecified atom stereocenters. The molecule has 0 aromatic rings. The lowest BCUT2D eigenvalue weighted by atomic mass is 9.88. The first-order chi connectivity index (χ1) is 8.23. The molecule has 0 bridgehead atoms. The highest BCUT2D eigenvalue weighted by molar-refractivity contribution is 6.73. The summed E-state index contributed by atoms with van der Waals surface area (Å²) in [5, 5.41) is 0. The van der Waals surface area contributed by atoms with Crippen molar-refractivity contribution in [3.63, 3.8) is 0 Å². The standard InChI is InChI=1S/C14H28O2Si/c1-4-15-17(5-2,6-3)10-9-12-7-8-13-14(11-12)16-13/h12-14H,4-11H2,1-3H3. The van der Waals surface area contributed by atoms with Crippen LogP contribution in [-0.2, 0) is 9.16 Å². The van der Waals surface area contributed by atoms with Crippen LogP contribution in [0.5, 0.6) is 0 Å². The minimum Gasteiger partial charge on any atom is -0.417 e. The van der Waals surface area contributed by atoms with Crippen molar-refractivity contribution in [3.8, 4) is 0 Å². The van der Waals surface area contributed by atoms with Gasteiger partial charge in [0.1, 0.15) is 0 Å². The van der Waals surface area contributed by atoms with E-state index in [-0.39, 0.29) is 0 Å². The molecule has 0 radical (unpaired) electrons. The molecule has 0 aromatic carbocycles. The number of rotatable bonds is 7. The van der Waals surface area contributed by atoms with Gasteiger partial charge in [0.2, 0.25) is 0 Å². The van der Waals surface area contributed by atoms with Crippen LogP contribution in [0.4, 0.5) is 0 Å². The fourth-order valence-corrected chi connectivity index (χ4v) is 6.71. The van der Waals surface area contributed by atoms with Gasteiger partial charge in [-0.25, -0.2) is 0 Å². The van der Waals surface area contributed by atoms with E-state index in [1.165, 1.54) is 43.8 Å². The maximum absolute atomic E-state index is 6.16. The molecule has 1 saturated heterocycles. The van der Waals surface area contributed by atoms with E-state index in [9.17, 15) is 0 Å². The van der Waals surface area contributed by atoms with Crippen molar-refractivity contribution in [1.29, 1.82) is 0 Å². The van der Waals surface area contributed by atoms with Crippen LogP contribution in [0.2, 0.25) is 18.1 Å². The molecular formula is C14H28O2Si. The van der Waals surface area contributed by atoms with E-state index in [4.69, 9.17) is 9.16 Å². The van der Waals surface area contributed by atoms with E-state index in [0.717, 1.165) is 12.5 Å². The summed E-state index contributed by atoms with van der Waals surface area (Å²) < 4.78 is 11.8. The summed E-state index contributed by atoms with van der Waals surface area (Å²) >= 11 is 0. The van der Waals surface area contributed by atoms with E-state index in [0.29, 0.717) is 12.2 Å². The Hall–Kier alpha value is 0.137. The van der Waals surface area contributed by atoms with Gasteiger partial charge in [-0.05, 0) is 50.2 Å². The van der Waals surface area contributed by atoms with Crippen molar-refractivity contribution in [2.75, 3.05) is 6.61 Å². The first-order valence-corrected chi connectivity index (χ1v) is 10.1. The Morgan fingerprint density at radius 2 is 1.88 bits per heavy atom. The predicted octanol–water partition coefficient (Wildman–Crippen LogP) is 3.97. The number of hydrogen-bond acceptors (Lipinski definition) is 2. The van der Waals surface area contributed by atoms with Crippen molar-refractivity contribution in [3.05, 3.63) is 0 Å². The third kappa shape index (κ3) is 3.33. The Kier molecular flexibility index (Phi) is 4.67. The van der Waals surface area contributed by atoms with Gasteiger partial charge in [-0.2, -0.15) is 0 Å². The molecule has 100 valence electrons. The molecule has 2 fully saturated rings. The minimum absolute atomic E-state index is 0.639. The molecule has 3 atom stereocenters. The summed E-state index contributed by atoms with van der Waals surface area (Å²) in [7, 11) is -1.38. The van der Waals surface area contributed by atoms with Crippen molar-refractivity contribution in [1.82, 2.24) is 0 Å². The molecule has 0 spiro atoms. The molecular weight excluding hydrogens is 228 g/mol. The molecule has 1 heterocycles. The number of ether oxygens (including phenoxy) is 1. The van der Waals surface area contributed by atoms with Crippen LogP contribution >= 0.6 is 0 Å². The molecule has 1 saturated carbocycles. The van der Waals surface area contributed by atoms with Gasteiger partial charge in [-0.1, -0.05) is 20.3 Å². The van der Waals surface area contributed by atoms with Crippen molar-refractivity contribution in [2.24, 2.45) is 5.92 Å². The highest BCUT2D eigenvalue weighted by atomic mass is 28.4. The fourth-order valence-electron chi connectivity index (χ4n) is 3.40. The van der Waals surface area contributed by atoms with Gasteiger partial charge in [0.25, 0.3) is 0 Å². The molecule has 3 heteroatoms. The largest absolute Gasteiger partial charge is 0.417 e. The molecule has 2 rings (SSSR count). The van der Waals surface area contributed by atoms with Gasteiger partial charge in [0, 0.05) is 6.61 Å².